The van der Waals surface area contributed by atoms with Gasteiger partial charge in [0, 0.05) is 6.04 Å². The van der Waals surface area contributed by atoms with Gasteiger partial charge in [-0.05, 0) is 12.8 Å². The van der Waals surface area contributed by atoms with E-state index in [-0.39, 0.29) is 24.0 Å². The average Bonchev–Trinajstić information content (AvgIpc) is 2.64. The molecule has 0 aromatic carbocycles. The van der Waals surface area contributed by atoms with Gasteiger partial charge in [0.15, 0.2) is 6.04 Å². The molecule has 0 spiro atoms. The molecule has 1 saturated carbocycles. The Balaban J connectivity index is 1.80. The summed E-state index contributed by atoms with van der Waals surface area (Å²) in [5.74, 6) is 0.0536. The summed E-state index contributed by atoms with van der Waals surface area (Å²) in [5, 5.41) is 2.14. The molecule has 5 heteroatoms. The van der Waals surface area contributed by atoms with E-state index in [1.165, 1.54) is 6.42 Å². The fourth-order valence-corrected chi connectivity index (χ4v) is 3.32. The lowest BCUT2D eigenvalue weighted by molar-refractivity contribution is -0.665. The Morgan fingerprint density at radius 2 is 1.88 bits per heavy atom. The lowest BCUT2D eigenvalue weighted by Gasteiger charge is -2.29. The number of urea groups is 1. The van der Waals surface area contributed by atoms with Crippen molar-refractivity contribution in [3.8, 4) is 0 Å². The molecular formula is C12H20N3O2+. The highest BCUT2D eigenvalue weighted by Gasteiger charge is 2.49. The first-order chi connectivity index (χ1) is 8.29. The summed E-state index contributed by atoms with van der Waals surface area (Å²) in [6.07, 6.45) is 5.55. The minimum atomic E-state index is -0.182. The number of quaternary nitrogens is 1. The van der Waals surface area contributed by atoms with Gasteiger partial charge < -0.3 is 10.2 Å². The predicted molar refractivity (Wildman–Crippen MR) is 61.3 cm³/mol. The van der Waals surface area contributed by atoms with E-state index in [1.54, 1.807) is 9.80 Å². The van der Waals surface area contributed by atoms with Crippen LogP contribution in [0.5, 0.6) is 0 Å². The van der Waals surface area contributed by atoms with E-state index in [9.17, 15) is 9.59 Å². The zero-order valence-corrected chi connectivity index (χ0v) is 10.1. The molecule has 3 fully saturated rings. The van der Waals surface area contributed by atoms with Crippen LogP contribution in [0.25, 0.3) is 0 Å². The first-order valence-electron chi connectivity index (χ1n) is 6.74. The quantitative estimate of drug-likeness (QED) is 0.628. The van der Waals surface area contributed by atoms with E-state index in [0.29, 0.717) is 0 Å². The van der Waals surface area contributed by atoms with Crippen LogP contribution in [0.1, 0.15) is 32.1 Å². The van der Waals surface area contributed by atoms with Crippen molar-refractivity contribution in [2.75, 3.05) is 19.6 Å². The van der Waals surface area contributed by atoms with Crippen LogP contribution in [0.2, 0.25) is 0 Å². The minimum Gasteiger partial charge on any atom is -0.343 e. The normalized spacial score (nSPS) is 30.9. The Labute approximate surface area is 101 Å². The summed E-state index contributed by atoms with van der Waals surface area (Å²) in [5.41, 5.74) is 0. The monoisotopic (exact) mass is 238 g/mol. The Hall–Kier alpha value is -1.10. The topological polar surface area (TPSA) is 57.2 Å². The van der Waals surface area contributed by atoms with Crippen molar-refractivity contribution in [2.45, 2.75) is 44.2 Å². The zero-order chi connectivity index (χ0) is 11.8. The van der Waals surface area contributed by atoms with Crippen LogP contribution in [0, 0.1) is 0 Å². The van der Waals surface area contributed by atoms with Crippen molar-refractivity contribution in [3.05, 3.63) is 0 Å². The summed E-state index contributed by atoms with van der Waals surface area (Å²) in [4.78, 5) is 27.9. The van der Waals surface area contributed by atoms with Gasteiger partial charge in [0.25, 0.3) is 5.91 Å². The second-order valence-corrected chi connectivity index (χ2v) is 5.30. The number of imide groups is 1. The first-order valence-corrected chi connectivity index (χ1v) is 6.74. The largest absolute Gasteiger partial charge is 0.343 e. The van der Waals surface area contributed by atoms with Crippen molar-refractivity contribution in [3.63, 3.8) is 0 Å². The number of rotatable bonds is 1. The third-order valence-electron chi connectivity index (χ3n) is 4.25. The molecule has 2 aliphatic heterocycles. The number of carbonyl (C=O) groups excluding carboxylic acids is 2. The van der Waals surface area contributed by atoms with E-state index < -0.39 is 0 Å². The van der Waals surface area contributed by atoms with Crippen LogP contribution < -0.4 is 5.32 Å². The maximum absolute atomic E-state index is 12.3. The smallest absolute Gasteiger partial charge is 0.328 e. The Morgan fingerprint density at radius 1 is 1.12 bits per heavy atom. The maximum atomic E-state index is 12.3. The lowest BCUT2D eigenvalue weighted by Crippen LogP contribution is -2.91. The van der Waals surface area contributed by atoms with Gasteiger partial charge in [0.2, 0.25) is 0 Å². The van der Waals surface area contributed by atoms with Gasteiger partial charge in [-0.1, -0.05) is 19.3 Å². The van der Waals surface area contributed by atoms with Crippen LogP contribution in [0.15, 0.2) is 0 Å². The standard InChI is InChI=1S/C12H19N3O2/c16-11-10-8-13-6-7-14(10)12(17)15(11)9-4-2-1-3-5-9/h9-10,13H,1-8H2/p+1/t10-/m1/s1. The molecule has 0 aromatic heterocycles. The molecule has 17 heavy (non-hydrogen) atoms. The van der Waals surface area contributed by atoms with Crippen molar-refractivity contribution in [1.29, 1.82) is 0 Å². The molecule has 3 rings (SSSR count). The van der Waals surface area contributed by atoms with Gasteiger partial charge >= 0.3 is 6.03 Å². The van der Waals surface area contributed by atoms with Crippen molar-refractivity contribution in [1.82, 2.24) is 9.80 Å². The molecule has 1 aliphatic carbocycles. The molecule has 0 bridgehead atoms. The Kier molecular flexibility index (Phi) is 2.78. The number of amides is 3. The third kappa shape index (κ3) is 1.73. The molecule has 2 heterocycles. The number of fused-ring (bicyclic) bond motifs is 1. The summed E-state index contributed by atoms with van der Waals surface area (Å²) in [7, 11) is 0. The molecular weight excluding hydrogens is 218 g/mol. The van der Waals surface area contributed by atoms with Crippen LogP contribution in [-0.2, 0) is 4.79 Å². The van der Waals surface area contributed by atoms with Crippen LogP contribution in [-0.4, -0.2) is 53.5 Å². The summed E-state index contributed by atoms with van der Waals surface area (Å²) in [6, 6.07) is -0.0347. The average molecular weight is 238 g/mol. The van der Waals surface area contributed by atoms with Crippen LogP contribution in [0.4, 0.5) is 4.79 Å². The molecule has 94 valence electrons. The molecule has 1 atom stereocenters. The highest BCUT2D eigenvalue weighted by Crippen LogP contribution is 2.28. The molecule has 5 nitrogen and oxygen atoms in total. The molecule has 3 aliphatic rings. The van der Waals surface area contributed by atoms with Gasteiger partial charge in [-0.3, -0.25) is 9.69 Å². The maximum Gasteiger partial charge on any atom is 0.328 e. The van der Waals surface area contributed by atoms with Crippen molar-refractivity contribution in [2.24, 2.45) is 0 Å². The fourth-order valence-electron chi connectivity index (χ4n) is 3.32. The SMILES string of the molecule is O=C1[C@H]2C[NH2+]CCN2C(=O)N1C1CCCCC1. The van der Waals surface area contributed by atoms with Gasteiger partial charge in [0.05, 0.1) is 13.1 Å². The molecule has 0 radical (unpaired) electrons. The number of piperazine rings is 1. The molecule has 2 saturated heterocycles. The van der Waals surface area contributed by atoms with Gasteiger partial charge in [-0.25, -0.2) is 4.79 Å². The van der Waals surface area contributed by atoms with Crippen LogP contribution >= 0.6 is 0 Å². The molecule has 0 unspecified atom stereocenters. The second-order valence-electron chi connectivity index (χ2n) is 5.30. The van der Waals surface area contributed by atoms with E-state index >= 15 is 0 Å². The van der Waals surface area contributed by atoms with E-state index in [2.05, 4.69) is 5.32 Å². The van der Waals surface area contributed by atoms with E-state index in [4.69, 9.17) is 0 Å². The molecule has 3 amide bonds. The number of nitrogens with zero attached hydrogens (tertiary/aromatic N) is 2. The Bertz CT molecular complexity index is 315. The van der Waals surface area contributed by atoms with Crippen molar-refractivity contribution < 1.29 is 14.9 Å². The highest BCUT2D eigenvalue weighted by atomic mass is 16.2. The molecule has 0 aromatic rings. The summed E-state index contributed by atoms with van der Waals surface area (Å²) < 4.78 is 0. The zero-order valence-electron chi connectivity index (χ0n) is 10.1. The second kappa shape index (κ2) is 4.29. The minimum absolute atomic E-state index is 0.0278. The first kappa shape index (κ1) is 11.0. The lowest BCUT2D eigenvalue weighted by atomic mass is 9.94. The summed E-state index contributed by atoms with van der Waals surface area (Å²) in [6.45, 7) is 2.39. The van der Waals surface area contributed by atoms with Gasteiger partial charge in [-0.15, -0.1) is 0 Å². The van der Waals surface area contributed by atoms with E-state index in [0.717, 1.165) is 45.3 Å². The number of carbonyl (C=O) groups is 2. The van der Waals surface area contributed by atoms with Crippen molar-refractivity contribution >= 4 is 11.9 Å². The van der Waals surface area contributed by atoms with E-state index in [1.807, 2.05) is 0 Å². The fraction of sp³-hybridized carbons (Fsp3) is 0.833. The summed E-state index contributed by atoms with van der Waals surface area (Å²) >= 11 is 0. The third-order valence-corrected chi connectivity index (χ3v) is 4.25. The highest BCUT2D eigenvalue weighted by molar-refractivity contribution is 6.04. The predicted octanol–water partition coefficient (Wildman–Crippen LogP) is -0.471. The Morgan fingerprint density at radius 3 is 2.59 bits per heavy atom. The molecule has 2 N–H and O–H groups in total. The van der Waals surface area contributed by atoms with Gasteiger partial charge in [0.1, 0.15) is 6.54 Å². The van der Waals surface area contributed by atoms with Crippen LogP contribution in [0.3, 0.4) is 0 Å². The number of hydrogen-bond acceptors (Lipinski definition) is 2. The number of nitrogens with two attached hydrogens (primary N) is 1. The van der Waals surface area contributed by atoms with Gasteiger partial charge in [-0.2, -0.15) is 0 Å². The number of hydrogen-bond donors (Lipinski definition) is 1.